The summed E-state index contributed by atoms with van der Waals surface area (Å²) in [4.78, 5) is 19.4. The Morgan fingerprint density at radius 2 is 2.03 bits per heavy atom. The minimum absolute atomic E-state index is 0.0547. The Bertz CT molecular complexity index is 1000. The molecule has 3 aromatic rings. The number of hydrogen-bond donors (Lipinski definition) is 2. The molecule has 1 amide bonds. The lowest BCUT2D eigenvalue weighted by molar-refractivity contribution is 0.0611. The highest BCUT2D eigenvalue weighted by Crippen LogP contribution is 2.26. The van der Waals surface area contributed by atoms with Crippen molar-refractivity contribution >= 4 is 5.91 Å². The van der Waals surface area contributed by atoms with E-state index >= 15 is 0 Å². The molecule has 0 spiro atoms. The zero-order chi connectivity index (χ0) is 20.5. The number of imidazole rings is 1. The van der Waals surface area contributed by atoms with E-state index in [-0.39, 0.29) is 23.4 Å². The number of aromatic hydroxyl groups is 1. The molecule has 152 valence electrons. The van der Waals surface area contributed by atoms with Gasteiger partial charge in [-0.3, -0.25) is 4.79 Å². The lowest BCUT2D eigenvalue weighted by atomic mass is 10.0. The number of benzene rings is 1. The van der Waals surface area contributed by atoms with Crippen LogP contribution in [-0.4, -0.2) is 54.9 Å². The maximum Gasteiger partial charge on any atom is 0.278 e. The molecule has 2 aromatic heterocycles. The van der Waals surface area contributed by atoms with Crippen LogP contribution in [0.4, 0.5) is 0 Å². The van der Waals surface area contributed by atoms with E-state index in [4.69, 9.17) is 0 Å². The van der Waals surface area contributed by atoms with Crippen LogP contribution in [-0.2, 0) is 7.05 Å². The molecular weight excluding hydrogens is 368 g/mol. The standard InChI is InChI=1S/C21H26N6O2/c1-14(2)15-4-6-16(7-5-15)27-13-18(28)19(24-27)21(29)26-11-8-22-12-17(26)20-23-9-10-25(20)3/h4-7,9-10,13-14,17,22,28H,8,11-12H2,1-3H3. The topological polar surface area (TPSA) is 88.2 Å². The summed E-state index contributed by atoms with van der Waals surface area (Å²) in [6.45, 7) is 6.08. The summed E-state index contributed by atoms with van der Waals surface area (Å²) >= 11 is 0. The fourth-order valence-corrected chi connectivity index (χ4v) is 3.67. The SMILES string of the molecule is CC(C)c1ccc(-n2cc(O)c(C(=O)N3CCNCC3c3nccn3C)n2)cc1. The second-order valence-corrected chi connectivity index (χ2v) is 7.67. The first-order valence-electron chi connectivity index (χ1n) is 9.83. The lowest BCUT2D eigenvalue weighted by Gasteiger charge is -2.35. The Morgan fingerprint density at radius 3 is 2.69 bits per heavy atom. The van der Waals surface area contributed by atoms with Gasteiger partial charge in [-0.05, 0) is 23.6 Å². The van der Waals surface area contributed by atoms with Crippen molar-refractivity contribution < 1.29 is 9.90 Å². The highest BCUT2D eigenvalue weighted by Gasteiger charge is 2.33. The van der Waals surface area contributed by atoms with Crippen LogP contribution >= 0.6 is 0 Å². The van der Waals surface area contributed by atoms with Crippen LogP contribution in [0, 0.1) is 0 Å². The minimum atomic E-state index is -0.297. The summed E-state index contributed by atoms with van der Waals surface area (Å²) in [5.41, 5.74) is 2.07. The fraction of sp³-hybridized carbons (Fsp3) is 0.381. The number of amides is 1. The monoisotopic (exact) mass is 394 g/mol. The predicted molar refractivity (Wildman–Crippen MR) is 109 cm³/mol. The number of nitrogens with one attached hydrogen (secondary N) is 1. The summed E-state index contributed by atoms with van der Waals surface area (Å²) < 4.78 is 3.46. The first-order chi connectivity index (χ1) is 14.0. The summed E-state index contributed by atoms with van der Waals surface area (Å²) in [5.74, 6) is 0.811. The summed E-state index contributed by atoms with van der Waals surface area (Å²) in [6.07, 6.45) is 5.06. The van der Waals surface area contributed by atoms with Crippen molar-refractivity contribution in [2.24, 2.45) is 7.05 Å². The van der Waals surface area contributed by atoms with E-state index in [0.29, 0.717) is 25.6 Å². The van der Waals surface area contributed by atoms with Gasteiger partial charge in [0, 0.05) is 39.1 Å². The maximum absolute atomic E-state index is 13.3. The Morgan fingerprint density at radius 1 is 1.28 bits per heavy atom. The predicted octanol–water partition coefficient (Wildman–Crippen LogP) is 2.22. The van der Waals surface area contributed by atoms with Gasteiger partial charge in [0.25, 0.3) is 5.91 Å². The minimum Gasteiger partial charge on any atom is -0.504 e. The van der Waals surface area contributed by atoms with Crippen molar-refractivity contribution in [1.29, 1.82) is 0 Å². The zero-order valence-electron chi connectivity index (χ0n) is 16.9. The number of aryl methyl sites for hydroxylation is 1. The molecule has 3 heterocycles. The Hall–Kier alpha value is -3.13. The molecule has 1 aromatic carbocycles. The van der Waals surface area contributed by atoms with E-state index < -0.39 is 0 Å². The first kappa shape index (κ1) is 19.2. The van der Waals surface area contributed by atoms with E-state index in [2.05, 4.69) is 29.2 Å². The quantitative estimate of drug-likeness (QED) is 0.708. The van der Waals surface area contributed by atoms with Gasteiger partial charge in [-0.25, -0.2) is 9.67 Å². The van der Waals surface area contributed by atoms with E-state index in [1.807, 2.05) is 42.1 Å². The third kappa shape index (κ3) is 3.63. The second kappa shape index (κ2) is 7.71. The molecule has 1 atom stereocenters. The molecule has 8 heteroatoms. The van der Waals surface area contributed by atoms with E-state index in [0.717, 1.165) is 11.5 Å². The number of rotatable bonds is 4. The van der Waals surface area contributed by atoms with Gasteiger partial charge in [0.1, 0.15) is 11.9 Å². The largest absolute Gasteiger partial charge is 0.504 e. The van der Waals surface area contributed by atoms with Crippen molar-refractivity contribution in [2.75, 3.05) is 19.6 Å². The van der Waals surface area contributed by atoms with Gasteiger partial charge < -0.3 is 19.9 Å². The Kier molecular flexibility index (Phi) is 5.10. The Labute approximate surface area is 169 Å². The highest BCUT2D eigenvalue weighted by molar-refractivity contribution is 5.95. The highest BCUT2D eigenvalue weighted by atomic mass is 16.3. The second-order valence-electron chi connectivity index (χ2n) is 7.67. The number of hydrogen-bond acceptors (Lipinski definition) is 5. The van der Waals surface area contributed by atoms with E-state index in [1.54, 1.807) is 15.8 Å². The van der Waals surface area contributed by atoms with Gasteiger partial charge in [0.05, 0.1) is 11.9 Å². The van der Waals surface area contributed by atoms with Crippen molar-refractivity contribution in [2.45, 2.75) is 25.8 Å². The molecule has 0 radical (unpaired) electrons. The molecule has 0 bridgehead atoms. The molecule has 4 rings (SSSR count). The van der Waals surface area contributed by atoms with Gasteiger partial charge >= 0.3 is 0 Å². The van der Waals surface area contributed by atoms with Crippen LogP contribution in [0.25, 0.3) is 5.69 Å². The van der Waals surface area contributed by atoms with Crippen molar-refractivity contribution in [3.63, 3.8) is 0 Å². The molecule has 1 aliphatic heterocycles. The lowest BCUT2D eigenvalue weighted by Crippen LogP contribution is -2.49. The van der Waals surface area contributed by atoms with Gasteiger partial charge in [0.2, 0.25) is 0 Å². The van der Waals surface area contributed by atoms with E-state index in [9.17, 15) is 9.90 Å². The molecule has 1 fully saturated rings. The van der Waals surface area contributed by atoms with Crippen molar-refractivity contribution in [3.8, 4) is 11.4 Å². The van der Waals surface area contributed by atoms with E-state index in [1.165, 1.54) is 11.8 Å². The molecule has 0 saturated carbocycles. The number of piperazine rings is 1. The van der Waals surface area contributed by atoms with Crippen LogP contribution in [0.5, 0.6) is 5.75 Å². The number of carbonyl (C=O) groups is 1. The summed E-state index contributed by atoms with van der Waals surface area (Å²) in [6, 6.07) is 7.74. The third-order valence-corrected chi connectivity index (χ3v) is 5.38. The molecule has 0 aliphatic carbocycles. The first-order valence-corrected chi connectivity index (χ1v) is 9.83. The Balaban J connectivity index is 1.62. The van der Waals surface area contributed by atoms with Crippen LogP contribution in [0.15, 0.2) is 42.9 Å². The molecule has 1 saturated heterocycles. The average Bonchev–Trinajstić information content (AvgIpc) is 3.33. The van der Waals surface area contributed by atoms with Gasteiger partial charge in [0.15, 0.2) is 11.4 Å². The average molecular weight is 394 g/mol. The number of aromatic nitrogens is 4. The van der Waals surface area contributed by atoms with Crippen LogP contribution < -0.4 is 5.32 Å². The number of nitrogens with zero attached hydrogens (tertiary/aromatic N) is 5. The normalized spacial score (nSPS) is 17.1. The van der Waals surface area contributed by atoms with Crippen LogP contribution in [0.3, 0.4) is 0 Å². The van der Waals surface area contributed by atoms with Crippen molar-refractivity contribution in [3.05, 3.63) is 59.9 Å². The summed E-state index contributed by atoms with van der Waals surface area (Å²) in [5, 5.41) is 18.1. The van der Waals surface area contributed by atoms with Gasteiger partial charge in [-0.15, -0.1) is 0 Å². The molecule has 1 aliphatic rings. The summed E-state index contributed by atoms with van der Waals surface area (Å²) in [7, 11) is 1.91. The van der Waals surface area contributed by atoms with Gasteiger partial charge in [-0.1, -0.05) is 26.0 Å². The molecular formula is C21H26N6O2. The van der Waals surface area contributed by atoms with Gasteiger partial charge in [-0.2, -0.15) is 5.10 Å². The molecule has 2 N–H and O–H groups in total. The van der Waals surface area contributed by atoms with Crippen molar-refractivity contribution in [1.82, 2.24) is 29.5 Å². The zero-order valence-corrected chi connectivity index (χ0v) is 16.9. The maximum atomic E-state index is 13.3. The third-order valence-electron chi connectivity index (χ3n) is 5.38. The van der Waals surface area contributed by atoms with Crippen LogP contribution in [0.1, 0.15) is 47.7 Å². The smallest absolute Gasteiger partial charge is 0.278 e. The number of carbonyl (C=O) groups excluding carboxylic acids is 1. The van der Waals surface area contributed by atoms with Crippen LogP contribution in [0.2, 0.25) is 0 Å². The molecule has 1 unspecified atom stereocenters. The molecule has 29 heavy (non-hydrogen) atoms. The molecule has 8 nitrogen and oxygen atoms in total. The fourth-order valence-electron chi connectivity index (χ4n) is 3.67.